The van der Waals surface area contributed by atoms with E-state index in [0.29, 0.717) is 18.7 Å². The van der Waals surface area contributed by atoms with Crippen LogP contribution in [-0.2, 0) is 19.6 Å². The molecule has 1 saturated heterocycles. The van der Waals surface area contributed by atoms with Crippen LogP contribution in [0.4, 0.5) is 0 Å². The molecule has 2 aliphatic heterocycles. The standard InChI is InChI=1S/C22H29N3O3S/c1-14(2)17-9-18(20(27)10-19(17)26)22(28)25-11-15-8-16(29-21(15)13-25)12-24-6-4-23(3)5-7-24/h8-10,14,26-27H,4-7,11-13H2,1-3H3. The van der Waals surface area contributed by atoms with Crippen LogP contribution in [0, 0.1) is 0 Å². The predicted octanol–water partition coefficient (Wildman–Crippen LogP) is 3.19. The van der Waals surface area contributed by atoms with Crippen LogP contribution in [0.5, 0.6) is 11.5 Å². The Bertz CT molecular complexity index is 893. The average Bonchev–Trinajstić information content (AvgIpc) is 3.21. The zero-order chi connectivity index (χ0) is 20.7. The molecule has 0 bridgehead atoms. The van der Waals surface area contributed by atoms with Crippen molar-refractivity contribution in [2.45, 2.75) is 39.4 Å². The zero-order valence-corrected chi connectivity index (χ0v) is 18.1. The van der Waals surface area contributed by atoms with Crippen molar-refractivity contribution in [1.29, 1.82) is 0 Å². The minimum atomic E-state index is -0.187. The minimum absolute atomic E-state index is 0.0307. The van der Waals surface area contributed by atoms with Gasteiger partial charge in [0.15, 0.2) is 0 Å². The summed E-state index contributed by atoms with van der Waals surface area (Å²) in [4.78, 5) is 22.3. The molecule has 3 heterocycles. The van der Waals surface area contributed by atoms with E-state index in [1.807, 2.05) is 13.8 Å². The van der Waals surface area contributed by atoms with E-state index in [0.717, 1.165) is 32.7 Å². The molecule has 0 unspecified atom stereocenters. The molecule has 0 radical (unpaired) electrons. The van der Waals surface area contributed by atoms with Crippen LogP contribution in [-0.4, -0.2) is 64.0 Å². The number of fused-ring (bicyclic) bond motifs is 1. The molecule has 2 aromatic rings. The molecule has 4 rings (SSSR count). The lowest BCUT2D eigenvalue weighted by atomic mass is 9.98. The quantitative estimate of drug-likeness (QED) is 0.803. The van der Waals surface area contributed by atoms with Crippen LogP contribution in [0.1, 0.15) is 51.0 Å². The number of phenolic OH excluding ortho intramolecular Hbond substituents is 2. The summed E-state index contributed by atoms with van der Waals surface area (Å²) in [5, 5.41) is 20.3. The molecule has 0 saturated carbocycles. The van der Waals surface area contributed by atoms with Gasteiger partial charge in [0.05, 0.1) is 12.1 Å². The van der Waals surface area contributed by atoms with E-state index < -0.39 is 0 Å². The zero-order valence-electron chi connectivity index (χ0n) is 17.3. The van der Waals surface area contributed by atoms with Gasteiger partial charge in [0.1, 0.15) is 11.5 Å². The maximum atomic E-state index is 13.0. The minimum Gasteiger partial charge on any atom is -0.508 e. The largest absolute Gasteiger partial charge is 0.508 e. The summed E-state index contributed by atoms with van der Waals surface area (Å²) >= 11 is 1.80. The lowest BCUT2D eigenvalue weighted by Crippen LogP contribution is -2.43. The second-order valence-corrected chi connectivity index (χ2v) is 9.71. The van der Waals surface area contributed by atoms with E-state index in [1.165, 1.54) is 21.4 Å². The van der Waals surface area contributed by atoms with Crippen LogP contribution in [0.3, 0.4) is 0 Å². The summed E-state index contributed by atoms with van der Waals surface area (Å²) in [5.41, 5.74) is 2.16. The van der Waals surface area contributed by atoms with Crippen LogP contribution in [0.15, 0.2) is 18.2 Å². The molecular formula is C22H29N3O3S. The molecule has 2 aliphatic rings. The van der Waals surface area contributed by atoms with Gasteiger partial charge in [-0.1, -0.05) is 13.8 Å². The first kappa shape index (κ1) is 20.2. The third-order valence-electron chi connectivity index (χ3n) is 5.90. The van der Waals surface area contributed by atoms with Crippen LogP contribution in [0.25, 0.3) is 0 Å². The Morgan fingerprint density at radius 3 is 2.45 bits per heavy atom. The van der Waals surface area contributed by atoms with Crippen molar-refractivity contribution in [3.8, 4) is 11.5 Å². The average molecular weight is 416 g/mol. The van der Waals surface area contributed by atoms with Gasteiger partial charge in [-0.2, -0.15) is 0 Å². The number of phenols is 2. The first-order valence-electron chi connectivity index (χ1n) is 10.2. The van der Waals surface area contributed by atoms with E-state index in [9.17, 15) is 15.0 Å². The van der Waals surface area contributed by atoms with E-state index >= 15 is 0 Å². The maximum Gasteiger partial charge on any atom is 0.258 e. The van der Waals surface area contributed by atoms with E-state index in [1.54, 1.807) is 22.3 Å². The molecule has 156 valence electrons. The van der Waals surface area contributed by atoms with Gasteiger partial charge in [-0.3, -0.25) is 9.69 Å². The Balaban J connectivity index is 1.44. The molecule has 2 N–H and O–H groups in total. The van der Waals surface area contributed by atoms with Crippen molar-refractivity contribution in [3.63, 3.8) is 0 Å². The smallest absolute Gasteiger partial charge is 0.258 e. The fraction of sp³-hybridized carbons (Fsp3) is 0.500. The second-order valence-electron chi connectivity index (χ2n) is 8.48. The second kappa shape index (κ2) is 7.97. The lowest BCUT2D eigenvalue weighted by Gasteiger charge is -2.32. The van der Waals surface area contributed by atoms with Gasteiger partial charge in [-0.15, -0.1) is 11.3 Å². The third-order valence-corrected chi connectivity index (χ3v) is 7.05. The lowest BCUT2D eigenvalue weighted by molar-refractivity contribution is 0.0748. The summed E-state index contributed by atoms with van der Waals surface area (Å²) in [7, 11) is 2.17. The molecular weight excluding hydrogens is 386 g/mol. The molecule has 1 amide bonds. The van der Waals surface area contributed by atoms with Gasteiger partial charge in [0.25, 0.3) is 5.91 Å². The van der Waals surface area contributed by atoms with Crippen molar-refractivity contribution >= 4 is 17.2 Å². The summed E-state index contributed by atoms with van der Waals surface area (Å²) in [6, 6.07) is 5.15. The number of hydrogen-bond acceptors (Lipinski definition) is 6. The van der Waals surface area contributed by atoms with Gasteiger partial charge >= 0.3 is 0 Å². The Hall–Kier alpha value is -2.09. The number of amides is 1. The number of carbonyl (C=O) groups is 1. The highest BCUT2D eigenvalue weighted by Crippen LogP contribution is 2.36. The van der Waals surface area contributed by atoms with Gasteiger partial charge in [0.2, 0.25) is 0 Å². The highest BCUT2D eigenvalue weighted by atomic mass is 32.1. The van der Waals surface area contributed by atoms with Crippen LogP contribution < -0.4 is 0 Å². The third kappa shape index (κ3) is 4.13. The monoisotopic (exact) mass is 415 g/mol. The Labute approximate surface area is 176 Å². The number of rotatable bonds is 4. The van der Waals surface area contributed by atoms with Crippen LogP contribution >= 0.6 is 11.3 Å². The first-order chi connectivity index (χ1) is 13.8. The predicted molar refractivity (Wildman–Crippen MR) is 115 cm³/mol. The number of aromatic hydroxyl groups is 2. The van der Waals surface area contributed by atoms with Crippen molar-refractivity contribution in [1.82, 2.24) is 14.7 Å². The molecule has 1 fully saturated rings. The normalized spacial score (nSPS) is 17.9. The number of hydrogen-bond donors (Lipinski definition) is 2. The Kier molecular flexibility index (Phi) is 5.55. The number of benzene rings is 1. The fourth-order valence-electron chi connectivity index (χ4n) is 4.08. The molecule has 7 heteroatoms. The van der Waals surface area contributed by atoms with Crippen molar-refractivity contribution in [2.24, 2.45) is 0 Å². The molecule has 0 aliphatic carbocycles. The Morgan fingerprint density at radius 1 is 1.07 bits per heavy atom. The molecule has 1 aromatic heterocycles. The van der Waals surface area contributed by atoms with Gasteiger partial charge < -0.3 is 20.0 Å². The summed E-state index contributed by atoms with van der Waals surface area (Å²) in [6.07, 6.45) is 0. The molecule has 29 heavy (non-hydrogen) atoms. The van der Waals surface area contributed by atoms with Crippen LogP contribution in [0.2, 0.25) is 0 Å². The van der Waals surface area contributed by atoms with E-state index in [2.05, 4.69) is 22.9 Å². The summed E-state index contributed by atoms with van der Waals surface area (Å²) < 4.78 is 0. The Morgan fingerprint density at radius 2 is 1.79 bits per heavy atom. The highest BCUT2D eigenvalue weighted by Gasteiger charge is 2.29. The number of carbonyl (C=O) groups excluding carboxylic acids is 1. The van der Waals surface area contributed by atoms with Gasteiger partial charge in [0, 0.05) is 55.1 Å². The van der Waals surface area contributed by atoms with Gasteiger partial charge in [-0.25, -0.2) is 0 Å². The van der Waals surface area contributed by atoms with Crippen molar-refractivity contribution in [3.05, 3.63) is 44.6 Å². The maximum absolute atomic E-state index is 13.0. The SMILES string of the molecule is CC(C)c1cc(C(=O)N2Cc3cc(CN4CCN(C)CC4)sc3C2)c(O)cc1O. The van der Waals surface area contributed by atoms with Gasteiger partial charge in [-0.05, 0) is 36.2 Å². The molecule has 1 aromatic carbocycles. The van der Waals surface area contributed by atoms with E-state index in [-0.39, 0.29) is 28.9 Å². The number of nitrogens with zero attached hydrogens (tertiary/aromatic N) is 3. The highest BCUT2D eigenvalue weighted by molar-refractivity contribution is 7.12. The topological polar surface area (TPSA) is 67.3 Å². The number of likely N-dealkylation sites (N-methyl/N-ethyl adjacent to an activating group) is 1. The van der Waals surface area contributed by atoms with E-state index in [4.69, 9.17) is 0 Å². The summed E-state index contributed by atoms with van der Waals surface area (Å²) in [5.74, 6) is -0.251. The fourth-order valence-corrected chi connectivity index (χ4v) is 5.32. The molecule has 0 atom stereocenters. The van der Waals surface area contributed by atoms with Crippen molar-refractivity contribution < 1.29 is 15.0 Å². The molecule has 6 nitrogen and oxygen atoms in total. The van der Waals surface area contributed by atoms with Crippen molar-refractivity contribution in [2.75, 3.05) is 33.2 Å². The summed E-state index contributed by atoms with van der Waals surface area (Å²) in [6.45, 7) is 10.5. The number of piperazine rings is 1. The number of thiophene rings is 1. The molecule has 0 spiro atoms. The first-order valence-corrected chi connectivity index (χ1v) is 11.0.